The highest BCUT2D eigenvalue weighted by atomic mass is 16.5. The van der Waals surface area contributed by atoms with Crippen molar-refractivity contribution in [2.75, 3.05) is 12.4 Å². The Balaban J connectivity index is 1.78. The van der Waals surface area contributed by atoms with Crippen molar-refractivity contribution < 1.29 is 9.53 Å². The van der Waals surface area contributed by atoms with Crippen LogP contribution in [0.5, 0.6) is 0 Å². The average Bonchev–Trinajstić information content (AvgIpc) is 2.72. The molecule has 134 valence electrons. The summed E-state index contributed by atoms with van der Waals surface area (Å²) in [6, 6.07) is 21.2. The van der Waals surface area contributed by atoms with E-state index in [0.717, 1.165) is 22.4 Å². The summed E-state index contributed by atoms with van der Waals surface area (Å²) in [6.45, 7) is 2.38. The van der Waals surface area contributed by atoms with Gasteiger partial charge in [0.05, 0.1) is 18.7 Å². The number of nitriles is 1. The number of methoxy groups -OCH3 is 1. The molecule has 5 heteroatoms. The van der Waals surface area contributed by atoms with Crippen molar-refractivity contribution in [1.29, 1.82) is 5.26 Å². The Morgan fingerprint density at radius 1 is 1.11 bits per heavy atom. The predicted molar refractivity (Wildman–Crippen MR) is 104 cm³/mol. The number of nitrogens with one attached hydrogen (secondary N) is 1. The smallest absolute Gasteiger partial charge is 0.341 e. The molecular weight excluding hydrogens is 338 g/mol. The SMILES string of the molecule is COC(=O)c1ccc(C)nc1NCc1ccc(-c2ccccc2C#N)cc1. The van der Waals surface area contributed by atoms with Crippen molar-refractivity contribution in [3.8, 4) is 17.2 Å². The number of hydrogen-bond donors (Lipinski definition) is 1. The molecule has 3 aromatic rings. The third-order valence-corrected chi connectivity index (χ3v) is 4.21. The van der Waals surface area contributed by atoms with Crippen molar-refractivity contribution in [3.63, 3.8) is 0 Å². The molecule has 0 bridgehead atoms. The molecule has 0 unspecified atom stereocenters. The van der Waals surface area contributed by atoms with Gasteiger partial charge in [-0.25, -0.2) is 9.78 Å². The highest BCUT2D eigenvalue weighted by Gasteiger charge is 2.13. The van der Waals surface area contributed by atoms with Crippen LogP contribution in [0.25, 0.3) is 11.1 Å². The Morgan fingerprint density at radius 2 is 1.85 bits per heavy atom. The zero-order valence-electron chi connectivity index (χ0n) is 15.2. The molecule has 1 heterocycles. The van der Waals surface area contributed by atoms with Crippen LogP contribution >= 0.6 is 0 Å². The van der Waals surface area contributed by atoms with Gasteiger partial charge >= 0.3 is 5.97 Å². The number of carbonyl (C=O) groups is 1. The molecule has 0 aliphatic rings. The predicted octanol–water partition coefficient (Wildman–Crippen LogP) is 4.33. The molecule has 0 spiro atoms. The van der Waals surface area contributed by atoms with Gasteiger partial charge in [-0.3, -0.25) is 0 Å². The Hall–Kier alpha value is -3.65. The zero-order chi connectivity index (χ0) is 19.2. The lowest BCUT2D eigenvalue weighted by molar-refractivity contribution is 0.0601. The van der Waals surface area contributed by atoms with E-state index in [-0.39, 0.29) is 0 Å². The quantitative estimate of drug-likeness (QED) is 0.688. The molecule has 0 radical (unpaired) electrons. The van der Waals surface area contributed by atoms with E-state index in [1.165, 1.54) is 7.11 Å². The number of rotatable bonds is 5. The third-order valence-electron chi connectivity index (χ3n) is 4.21. The second-order valence-corrected chi connectivity index (χ2v) is 6.05. The van der Waals surface area contributed by atoms with E-state index in [9.17, 15) is 10.1 Å². The van der Waals surface area contributed by atoms with Gasteiger partial charge in [0.15, 0.2) is 0 Å². The van der Waals surface area contributed by atoms with Crippen molar-refractivity contribution in [2.24, 2.45) is 0 Å². The molecule has 27 heavy (non-hydrogen) atoms. The normalized spacial score (nSPS) is 10.1. The van der Waals surface area contributed by atoms with E-state index < -0.39 is 5.97 Å². The number of anilines is 1. The minimum absolute atomic E-state index is 0.405. The molecule has 0 amide bonds. The van der Waals surface area contributed by atoms with Crippen LogP contribution in [-0.4, -0.2) is 18.1 Å². The van der Waals surface area contributed by atoms with E-state index in [1.54, 1.807) is 12.1 Å². The standard InChI is InChI=1S/C22H19N3O2/c1-15-7-12-20(22(26)27-2)21(25-15)24-14-16-8-10-17(11-9-16)19-6-4-3-5-18(19)13-23/h3-12H,14H2,1-2H3,(H,24,25). The maximum absolute atomic E-state index is 11.9. The van der Waals surface area contributed by atoms with Crippen LogP contribution in [0.2, 0.25) is 0 Å². The lowest BCUT2D eigenvalue weighted by Gasteiger charge is -2.11. The lowest BCUT2D eigenvalue weighted by atomic mass is 9.99. The Bertz CT molecular complexity index is 1000. The molecular formula is C22H19N3O2. The molecule has 1 aromatic heterocycles. The summed E-state index contributed by atoms with van der Waals surface area (Å²) < 4.78 is 4.81. The highest BCUT2D eigenvalue weighted by molar-refractivity contribution is 5.94. The van der Waals surface area contributed by atoms with E-state index >= 15 is 0 Å². The highest BCUT2D eigenvalue weighted by Crippen LogP contribution is 2.24. The summed E-state index contributed by atoms with van der Waals surface area (Å²) in [5.41, 5.74) is 4.80. The van der Waals surface area contributed by atoms with Crippen molar-refractivity contribution in [1.82, 2.24) is 4.98 Å². The number of carbonyl (C=O) groups excluding carboxylic acids is 1. The van der Waals surface area contributed by atoms with Gasteiger partial charge < -0.3 is 10.1 Å². The van der Waals surface area contributed by atoms with Crippen LogP contribution < -0.4 is 5.32 Å². The summed E-state index contributed by atoms with van der Waals surface area (Å²) in [5.74, 6) is 0.0780. The number of aryl methyl sites for hydroxylation is 1. The fourth-order valence-electron chi connectivity index (χ4n) is 2.79. The van der Waals surface area contributed by atoms with Gasteiger partial charge in [-0.15, -0.1) is 0 Å². The van der Waals surface area contributed by atoms with Crippen molar-refractivity contribution in [2.45, 2.75) is 13.5 Å². The number of nitrogens with zero attached hydrogens (tertiary/aromatic N) is 2. The van der Waals surface area contributed by atoms with Crippen LogP contribution in [-0.2, 0) is 11.3 Å². The van der Waals surface area contributed by atoms with E-state index in [4.69, 9.17) is 4.74 Å². The summed E-state index contributed by atoms with van der Waals surface area (Å²) in [4.78, 5) is 16.3. The van der Waals surface area contributed by atoms with Gasteiger partial charge in [0.25, 0.3) is 0 Å². The first-order chi connectivity index (χ1) is 13.1. The van der Waals surface area contributed by atoms with Gasteiger partial charge in [-0.05, 0) is 41.8 Å². The molecule has 3 rings (SSSR count). The van der Waals surface area contributed by atoms with Crippen LogP contribution in [0.1, 0.15) is 27.2 Å². The minimum atomic E-state index is -0.423. The zero-order valence-corrected chi connectivity index (χ0v) is 15.2. The summed E-state index contributed by atoms with van der Waals surface area (Å²) >= 11 is 0. The van der Waals surface area contributed by atoms with Crippen molar-refractivity contribution >= 4 is 11.8 Å². The third kappa shape index (κ3) is 4.13. The first-order valence-corrected chi connectivity index (χ1v) is 8.50. The van der Waals surface area contributed by atoms with Crippen LogP contribution in [0.15, 0.2) is 60.7 Å². The lowest BCUT2D eigenvalue weighted by Crippen LogP contribution is -2.10. The number of hydrogen-bond acceptors (Lipinski definition) is 5. The number of ether oxygens (including phenoxy) is 1. The molecule has 0 saturated heterocycles. The number of aromatic nitrogens is 1. The molecule has 0 fully saturated rings. The second-order valence-electron chi connectivity index (χ2n) is 6.05. The first-order valence-electron chi connectivity index (χ1n) is 8.50. The van der Waals surface area contributed by atoms with Gasteiger partial charge in [-0.2, -0.15) is 5.26 Å². The fourth-order valence-corrected chi connectivity index (χ4v) is 2.79. The average molecular weight is 357 g/mol. The second kappa shape index (κ2) is 8.15. The van der Waals surface area contributed by atoms with Crippen molar-refractivity contribution in [3.05, 3.63) is 83.0 Å². The molecule has 0 saturated carbocycles. The van der Waals surface area contributed by atoms with Crippen LogP contribution in [0, 0.1) is 18.3 Å². The maximum Gasteiger partial charge on any atom is 0.341 e. The fraction of sp³-hybridized carbons (Fsp3) is 0.136. The van der Waals surface area contributed by atoms with Gasteiger partial charge in [0.2, 0.25) is 0 Å². The molecule has 0 atom stereocenters. The maximum atomic E-state index is 11.9. The Kier molecular flexibility index (Phi) is 5.48. The monoisotopic (exact) mass is 357 g/mol. The minimum Gasteiger partial charge on any atom is -0.465 e. The molecule has 1 N–H and O–H groups in total. The van der Waals surface area contributed by atoms with E-state index in [2.05, 4.69) is 16.4 Å². The molecule has 0 aliphatic carbocycles. The summed E-state index contributed by atoms with van der Waals surface area (Å²) in [7, 11) is 1.35. The number of benzene rings is 2. The molecule has 0 aliphatic heterocycles. The number of esters is 1. The topological polar surface area (TPSA) is 75.0 Å². The summed E-state index contributed by atoms with van der Waals surface area (Å²) in [5, 5.41) is 12.5. The largest absolute Gasteiger partial charge is 0.465 e. The van der Waals surface area contributed by atoms with E-state index in [0.29, 0.717) is 23.5 Å². The summed E-state index contributed by atoms with van der Waals surface area (Å²) in [6.07, 6.45) is 0. The Morgan fingerprint density at radius 3 is 2.56 bits per heavy atom. The van der Waals surface area contributed by atoms with Gasteiger partial charge in [-0.1, -0.05) is 42.5 Å². The van der Waals surface area contributed by atoms with Gasteiger partial charge in [0, 0.05) is 12.2 Å². The molecule has 5 nitrogen and oxygen atoms in total. The first kappa shape index (κ1) is 18.2. The molecule has 2 aromatic carbocycles. The van der Waals surface area contributed by atoms with Gasteiger partial charge in [0.1, 0.15) is 11.4 Å². The van der Waals surface area contributed by atoms with Crippen LogP contribution in [0.3, 0.4) is 0 Å². The number of pyridine rings is 1. The van der Waals surface area contributed by atoms with Crippen LogP contribution in [0.4, 0.5) is 5.82 Å². The Labute approximate surface area is 158 Å². The van der Waals surface area contributed by atoms with E-state index in [1.807, 2.05) is 55.5 Å².